The van der Waals surface area contributed by atoms with Crippen molar-refractivity contribution < 1.29 is 4.79 Å². The van der Waals surface area contributed by atoms with E-state index in [2.05, 4.69) is 24.1 Å². The summed E-state index contributed by atoms with van der Waals surface area (Å²) in [5.41, 5.74) is -0.343. The zero-order valence-corrected chi connectivity index (χ0v) is 11.3. The van der Waals surface area contributed by atoms with Crippen LogP contribution in [0.3, 0.4) is 0 Å². The predicted octanol–water partition coefficient (Wildman–Crippen LogP) is 1.03. The van der Waals surface area contributed by atoms with Crippen LogP contribution in [0.15, 0.2) is 0 Å². The lowest BCUT2D eigenvalue weighted by atomic mass is 9.99. The lowest BCUT2D eigenvalue weighted by Crippen LogP contribution is -2.43. The van der Waals surface area contributed by atoms with Gasteiger partial charge in [0.25, 0.3) is 0 Å². The van der Waals surface area contributed by atoms with Crippen LogP contribution in [-0.4, -0.2) is 53.6 Å². The molecule has 1 N–H and O–H groups in total. The van der Waals surface area contributed by atoms with E-state index in [0.717, 1.165) is 19.5 Å². The van der Waals surface area contributed by atoms with Gasteiger partial charge < -0.3 is 9.80 Å². The van der Waals surface area contributed by atoms with Crippen molar-refractivity contribution in [3.63, 3.8) is 0 Å². The molecule has 0 aliphatic carbocycles. The standard InChI is InChI=1S/C13H25N3O/c1-4-13(3)12(17)16(11(2)14-13)10-9-15-7-5-6-8-15/h11,14H,4-10H2,1-3H3. The normalized spacial score (nSPS) is 34.9. The first-order chi connectivity index (χ1) is 8.07. The van der Waals surface area contributed by atoms with Crippen LogP contribution in [0.2, 0.25) is 0 Å². The molecule has 4 nitrogen and oxygen atoms in total. The van der Waals surface area contributed by atoms with Crippen LogP contribution in [0.5, 0.6) is 0 Å². The molecule has 17 heavy (non-hydrogen) atoms. The largest absolute Gasteiger partial charge is 0.325 e. The van der Waals surface area contributed by atoms with Gasteiger partial charge in [-0.1, -0.05) is 6.92 Å². The highest BCUT2D eigenvalue weighted by atomic mass is 16.2. The van der Waals surface area contributed by atoms with Crippen LogP contribution < -0.4 is 5.32 Å². The number of nitrogens with zero attached hydrogens (tertiary/aromatic N) is 2. The molecule has 0 aromatic heterocycles. The van der Waals surface area contributed by atoms with Gasteiger partial charge in [-0.05, 0) is 46.2 Å². The molecule has 0 saturated carbocycles. The number of carbonyl (C=O) groups is 1. The van der Waals surface area contributed by atoms with E-state index >= 15 is 0 Å². The molecule has 2 heterocycles. The van der Waals surface area contributed by atoms with Crippen LogP contribution in [0.1, 0.15) is 40.0 Å². The van der Waals surface area contributed by atoms with Crippen molar-refractivity contribution in [2.45, 2.75) is 51.7 Å². The fraction of sp³-hybridized carbons (Fsp3) is 0.923. The first-order valence-electron chi connectivity index (χ1n) is 6.88. The minimum absolute atomic E-state index is 0.176. The van der Waals surface area contributed by atoms with E-state index in [4.69, 9.17) is 0 Å². The van der Waals surface area contributed by atoms with Crippen LogP contribution in [-0.2, 0) is 4.79 Å². The summed E-state index contributed by atoms with van der Waals surface area (Å²) in [5.74, 6) is 0.270. The second kappa shape index (κ2) is 4.94. The van der Waals surface area contributed by atoms with Crippen molar-refractivity contribution in [3.8, 4) is 0 Å². The Morgan fingerprint density at radius 3 is 2.53 bits per heavy atom. The van der Waals surface area contributed by atoms with E-state index in [-0.39, 0.29) is 17.6 Å². The molecule has 0 aromatic rings. The second-order valence-corrected chi connectivity index (χ2v) is 5.55. The van der Waals surface area contributed by atoms with Crippen molar-refractivity contribution >= 4 is 5.91 Å². The lowest BCUT2D eigenvalue weighted by molar-refractivity contribution is -0.132. The van der Waals surface area contributed by atoms with Crippen molar-refractivity contribution in [3.05, 3.63) is 0 Å². The highest BCUT2D eigenvalue weighted by Crippen LogP contribution is 2.23. The van der Waals surface area contributed by atoms with Gasteiger partial charge in [0, 0.05) is 13.1 Å². The first-order valence-corrected chi connectivity index (χ1v) is 6.88. The molecule has 2 aliphatic rings. The Bertz CT molecular complexity index is 288. The SMILES string of the molecule is CCC1(C)NC(C)N(CCN2CCCC2)C1=O. The summed E-state index contributed by atoms with van der Waals surface area (Å²) < 4.78 is 0. The number of nitrogens with one attached hydrogen (secondary N) is 1. The Morgan fingerprint density at radius 2 is 2.00 bits per heavy atom. The van der Waals surface area contributed by atoms with Crippen LogP contribution in [0, 0.1) is 0 Å². The number of likely N-dealkylation sites (tertiary alicyclic amines) is 1. The summed E-state index contributed by atoms with van der Waals surface area (Å²) in [5, 5.41) is 3.41. The molecule has 0 spiro atoms. The maximum atomic E-state index is 12.3. The molecule has 1 amide bonds. The van der Waals surface area contributed by atoms with Crippen molar-refractivity contribution in [2.24, 2.45) is 0 Å². The average Bonchev–Trinajstić information content (AvgIpc) is 2.87. The van der Waals surface area contributed by atoms with Gasteiger partial charge in [-0.15, -0.1) is 0 Å². The Balaban J connectivity index is 1.89. The van der Waals surface area contributed by atoms with E-state index in [1.54, 1.807) is 0 Å². The Hall–Kier alpha value is -0.610. The van der Waals surface area contributed by atoms with Gasteiger partial charge in [-0.2, -0.15) is 0 Å². The van der Waals surface area contributed by atoms with Gasteiger partial charge in [0.1, 0.15) is 0 Å². The first kappa shape index (κ1) is 12.8. The topological polar surface area (TPSA) is 35.6 Å². The van der Waals surface area contributed by atoms with E-state index in [1.165, 1.54) is 25.9 Å². The average molecular weight is 239 g/mol. The maximum absolute atomic E-state index is 12.3. The van der Waals surface area contributed by atoms with Gasteiger partial charge in [-0.25, -0.2) is 0 Å². The lowest BCUT2D eigenvalue weighted by Gasteiger charge is -2.24. The van der Waals surface area contributed by atoms with Gasteiger partial charge in [0.2, 0.25) is 5.91 Å². The molecule has 2 atom stereocenters. The van der Waals surface area contributed by atoms with Gasteiger partial charge >= 0.3 is 0 Å². The molecule has 98 valence electrons. The number of rotatable bonds is 4. The maximum Gasteiger partial charge on any atom is 0.243 e. The third-order valence-corrected chi connectivity index (χ3v) is 4.29. The molecule has 0 aromatic carbocycles. The summed E-state index contributed by atoms with van der Waals surface area (Å²) in [6.07, 6.45) is 3.66. The Morgan fingerprint density at radius 1 is 1.35 bits per heavy atom. The summed E-state index contributed by atoms with van der Waals surface area (Å²) >= 11 is 0. The molecular formula is C13H25N3O. The molecule has 0 radical (unpaired) electrons. The van der Waals surface area contributed by atoms with Crippen molar-refractivity contribution in [1.82, 2.24) is 15.1 Å². The molecule has 4 heteroatoms. The number of hydrogen-bond acceptors (Lipinski definition) is 3. The predicted molar refractivity (Wildman–Crippen MR) is 68.7 cm³/mol. The molecule has 2 rings (SSSR count). The number of carbonyl (C=O) groups excluding carboxylic acids is 1. The second-order valence-electron chi connectivity index (χ2n) is 5.55. The van der Waals surface area contributed by atoms with E-state index in [9.17, 15) is 4.79 Å². The van der Waals surface area contributed by atoms with E-state index in [1.807, 2.05) is 11.8 Å². The highest BCUT2D eigenvalue weighted by molar-refractivity contribution is 5.88. The van der Waals surface area contributed by atoms with Gasteiger partial charge in [-0.3, -0.25) is 10.1 Å². The number of hydrogen-bond donors (Lipinski definition) is 1. The summed E-state index contributed by atoms with van der Waals surface area (Å²) in [6.45, 7) is 10.5. The molecule has 2 fully saturated rings. The molecule has 2 aliphatic heterocycles. The molecule has 0 bridgehead atoms. The monoisotopic (exact) mass is 239 g/mol. The number of amides is 1. The quantitative estimate of drug-likeness (QED) is 0.796. The van der Waals surface area contributed by atoms with Crippen molar-refractivity contribution in [1.29, 1.82) is 0 Å². The zero-order valence-electron chi connectivity index (χ0n) is 11.3. The van der Waals surface area contributed by atoms with Crippen LogP contribution in [0.25, 0.3) is 0 Å². The summed E-state index contributed by atoms with van der Waals surface area (Å²) in [6, 6.07) is 0. The Kier molecular flexibility index (Phi) is 3.73. The van der Waals surface area contributed by atoms with Gasteiger partial charge in [0.15, 0.2) is 0 Å². The van der Waals surface area contributed by atoms with Crippen LogP contribution in [0.4, 0.5) is 0 Å². The fourth-order valence-corrected chi connectivity index (χ4v) is 2.90. The summed E-state index contributed by atoms with van der Waals surface area (Å²) in [7, 11) is 0. The molecule has 2 unspecified atom stereocenters. The third kappa shape index (κ3) is 2.47. The van der Waals surface area contributed by atoms with Crippen molar-refractivity contribution in [2.75, 3.05) is 26.2 Å². The van der Waals surface area contributed by atoms with E-state index in [0.29, 0.717) is 0 Å². The Labute approximate surface area is 104 Å². The molecular weight excluding hydrogens is 214 g/mol. The minimum Gasteiger partial charge on any atom is -0.325 e. The highest BCUT2D eigenvalue weighted by Gasteiger charge is 2.44. The third-order valence-electron chi connectivity index (χ3n) is 4.29. The zero-order chi connectivity index (χ0) is 12.5. The fourth-order valence-electron chi connectivity index (χ4n) is 2.90. The van der Waals surface area contributed by atoms with E-state index < -0.39 is 0 Å². The minimum atomic E-state index is -0.343. The summed E-state index contributed by atoms with van der Waals surface area (Å²) in [4.78, 5) is 16.8. The smallest absolute Gasteiger partial charge is 0.243 e. The molecule has 2 saturated heterocycles. The van der Waals surface area contributed by atoms with Gasteiger partial charge in [0.05, 0.1) is 11.7 Å². The van der Waals surface area contributed by atoms with Crippen LogP contribution >= 0.6 is 0 Å².